The normalized spacial score (nSPS) is 11.5. The maximum Gasteiger partial charge on any atom is 0.416 e. The predicted octanol–water partition coefficient (Wildman–Crippen LogP) is 3.74. The lowest BCUT2D eigenvalue weighted by Gasteiger charge is -2.14. The Hall–Kier alpha value is -3.07. The number of nitrogens with one attached hydrogen (secondary N) is 1. The standard InChI is InChI=1S/C19H18F3N3O3/c1-27-15-9-13-14(10-16(15)28-2)24-17(25-18(13)23-7-8-26)11-3-5-12(6-4-11)19(20,21)22/h3-6,9-10,26H,7-8H2,1-2H3,(H,23,24,25). The Morgan fingerprint density at radius 2 is 1.64 bits per heavy atom. The number of methoxy groups -OCH3 is 2. The summed E-state index contributed by atoms with van der Waals surface area (Å²) in [5.41, 5.74) is 0.196. The summed E-state index contributed by atoms with van der Waals surface area (Å²) >= 11 is 0. The molecule has 6 nitrogen and oxygen atoms in total. The highest BCUT2D eigenvalue weighted by molar-refractivity contribution is 5.93. The molecule has 0 bridgehead atoms. The van der Waals surface area contributed by atoms with Gasteiger partial charge in [0.05, 0.1) is 31.9 Å². The van der Waals surface area contributed by atoms with Gasteiger partial charge in [0.25, 0.3) is 0 Å². The minimum Gasteiger partial charge on any atom is -0.493 e. The quantitative estimate of drug-likeness (QED) is 0.665. The topological polar surface area (TPSA) is 76.5 Å². The van der Waals surface area contributed by atoms with Gasteiger partial charge in [0.1, 0.15) is 5.82 Å². The van der Waals surface area contributed by atoms with Gasteiger partial charge in [-0.1, -0.05) is 12.1 Å². The van der Waals surface area contributed by atoms with E-state index in [9.17, 15) is 13.2 Å². The Balaban J connectivity index is 2.14. The Labute approximate surface area is 159 Å². The van der Waals surface area contributed by atoms with Gasteiger partial charge in [0.15, 0.2) is 17.3 Å². The van der Waals surface area contributed by atoms with Crippen molar-refractivity contribution in [1.82, 2.24) is 9.97 Å². The summed E-state index contributed by atoms with van der Waals surface area (Å²) in [5, 5.41) is 12.7. The molecule has 2 aromatic carbocycles. The molecule has 9 heteroatoms. The van der Waals surface area contributed by atoms with Crippen LogP contribution in [-0.4, -0.2) is 42.4 Å². The average molecular weight is 393 g/mol. The van der Waals surface area contributed by atoms with Gasteiger partial charge in [-0.25, -0.2) is 9.97 Å². The smallest absolute Gasteiger partial charge is 0.416 e. The van der Waals surface area contributed by atoms with Crippen molar-refractivity contribution >= 4 is 16.7 Å². The zero-order valence-electron chi connectivity index (χ0n) is 15.2. The van der Waals surface area contributed by atoms with Crippen LogP contribution >= 0.6 is 0 Å². The number of aliphatic hydroxyl groups excluding tert-OH is 1. The fraction of sp³-hybridized carbons (Fsp3) is 0.263. The highest BCUT2D eigenvalue weighted by atomic mass is 19.4. The highest BCUT2D eigenvalue weighted by Crippen LogP contribution is 2.36. The van der Waals surface area contributed by atoms with E-state index in [1.54, 1.807) is 12.1 Å². The van der Waals surface area contributed by atoms with E-state index in [4.69, 9.17) is 14.6 Å². The third kappa shape index (κ3) is 3.94. The first-order valence-corrected chi connectivity index (χ1v) is 8.33. The molecule has 0 aliphatic rings. The lowest BCUT2D eigenvalue weighted by molar-refractivity contribution is -0.137. The molecule has 0 atom stereocenters. The summed E-state index contributed by atoms with van der Waals surface area (Å²) in [6.45, 7) is 0.126. The van der Waals surface area contributed by atoms with E-state index in [1.165, 1.54) is 26.4 Å². The molecule has 0 saturated carbocycles. The van der Waals surface area contributed by atoms with Crippen LogP contribution in [-0.2, 0) is 6.18 Å². The van der Waals surface area contributed by atoms with Gasteiger partial charge in [-0.15, -0.1) is 0 Å². The Morgan fingerprint density at radius 1 is 1.00 bits per heavy atom. The van der Waals surface area contributed by atoms with E-state index in [2.05, 4.69) is 15.3 Å². The second kappa shape index (κ2) is 7.89. The number of halogens is 3. The van der Waals surface area contributed by atoms with Crippen LogP contribution in [0.3, 0.4) is 0 Å². The van der Waals surface area contributed by atoms with Gasteiger partial charge in [0.2, 0.25) is 0 Å². The van der Waals surface area contributed by atoms with Gasteiger partial charge in [-0.3, -0.25) is 0 Å². The summed E-state index contributed by atoms with van der Waals surface area (Å²) in [6.07, 6.45) is -4.42. The molecule has 0 aliphatic heterocycles. The first kappa shape index (κ1) is 19.7. The molecule has 0 saturated heterocycles. The molecule has 0 spiro atoms. The molecule has 148 valence electrons. The number of ether oxygens (including phenoxy) is 2. The third-order valence-electron chi connectivity index (χ3n) is 4.08. The first-order valence-electron chi connectivity index (χ1n) is 8.33. The summed E-state index contributed by atoms with van der Waals surface area (Å²) in [7, 11) is 2.99. The zero-order valence-corrected chi connectivity index (χ0v) is 15.2. The second-order valence-electron chi connectivity index (χ2n) is 5.85. The number of nitrogens with zero attached hydrogens (tertiary/aromatic N) is 2. The average Bonchev–Trinajstić information content (AvgIpc) is 2.70. The second-order valence-corrected chi connectivity index (χ2v) is 5.85. The number of alkyl halides is 3. The van der Waals surface area contributed by atoms with Crippen molar-refractivity contribution in [2.24, 2.45) is 0 Å². The maximum atomic E-state index is 12.8. The van der Waals surface area contributed by atoms with E-state index in [0.717, 1.165) is 12.1 Å². The SMILES string of the molecule is COc1cc2nc(-c3ccc(C(F)(F)F)cc3)nc(NCCO)c2cc1OC. The fourth-order valence-electron chi connectivity index (χ4n) is 2.70. The van der Waals surface area contributed by atoms with Crippen molar-refractivity contribution in [3.8, 4) is 22.9 Å². The van der Waals surface area contributed by atoms with Gasteiger partial charge in [-0.05, 0) is 18.2 Å². The number of aromatic nitrogens is 2. The van der Waals surface area contributed by atoms with E-state index in [1.807, 2.05) is 0 Å². The van der Waals surface area contributed by atoms with Crippen LogP contribution in [0.15, 0.2) is 36.4 Å². The van der Waals surface area contributed by atoms with Crippen LogP contribution in [0.25, 0.3) is 22.3 Å². The number of benzene rings is 2. The molecule has 0 fully saturated rings. The van der Waals surface area contributed by atoms with Crippen molar-refractivity contribution in [2.75, 3.05) is 32.7 Å². The summed E-state index contributed by atoms with van der Waals surface area (Å²) < 4.78 is 49.0. The van der Waals surface area contributed by atoms with Crippen molar-refractivity contribution in [1.29, 1.82) is 0 Å². The summed E-state index contributed by atoms with van der Waals surface area (Å²) in [4.78, 5) is 8.88. The lowest BCUT2D eigenvalue weighted by atomic mass is 10.1. The molecule has 3 aromatic rings. The van der Waals surface area contributed by atoms with E-state index in [-0.39, 0.29) is 19.0 Å². The number of anilines is 1. The number of rotatable bonds is 6. The van der Waals surface area contributed by atoms with Crippen molar-refractivity contribution in [3.05, 3.63) is 42.0 Å². The number of hydrogen-bond donors (Lipinski definition) is 2. The molecule has 0 unspecified atom stereocenters. The molecule has 28 heavy (non-hydrogen) atoms. The molecule has 0 aliphatic carbocycles. The van der Waals surface area contributed by atoms with E-state index in [0.29, 0.717) is 33.8 Å². The van der Waals surface area contributed by atoms with Crippen LogP contribution < -0.4 is 14.8 Å². The fourth-order valence-corrected chi connectivity index (χ4v) is 2.70. The van der Waals surface area contributed by atoms with Gasteiger partial charge >= 0.3 is 6.18 Å². The van der Waals surface area contributed by atoms with Gasteiger partial charge in [-0.2, -0.15) is 13.2 Å². The summed E-state index contributed by atoms with van der Waals surface area (Å²) in [6, 6.07) is 7.97. The van der Waals surface area contributed by atoms with Gasteiger partial charge in [0, 0.05) is 23.6 Å². The van der Waals surface area contributed by atoms with Crippen LogP contribution in [0.5, 0.6) is 11.5 Å². The molecular formula is C19H18F3N3O3. The molecule has 1 aromatic heterocycles. The van der Waals surface area contributed by atoms with Gasteiger partial charge < -0.3 is 19.9 Å². The minimum absolute atomic E-state index is 0.117. The van der Waals surface area contributed by atoms with Crippen LogP contribution in [0.1, 0.15) is 5.56 Å². The van der Waals surface area contributed by atoms with Crippen molar-refractivity contribution in [3.63, 3.8) is 0 Å². The molecule has 1 heterocycles. The monoisotopic (exact) mass is 393 g/mol. The van der Waals surface area contributed by atoms with Crippen LogP contribution in [0, 0.1) is 0 Å². The number of hydrogen-bond acceptors (Lipinski definition) is 6. The highest BCUT2D eigenvalue weighted by Gasteiger charge is 2.30. The largest absolute Gasteiger partial charge is 0.493 e. The molecular weight excluding hydrogens is 375 g/mol. The minimum atomic E-state index is -4.42. The van der Waals surface area contributed by atoms with Crippen LogP contribution in [0.2, 0.25) is 0 Å². The maximum absolute atomic E-state index is 12.8. The Bertz CT molecular complexity index is 976. The van der Waals surface area contributed by atoms with Crippen molar-refractivity contribution in [2.45, 2.75) is 6.18 Å². The molecule has 2 N–H and O–H groups in total. The lowest BCUT2D eigenvalue weighted by Crippen LogP contribution is -2.09. The first-order chi connectivity index (χ1) is 13.4. The predicted molar refractivity (Wildman–Crippen MR) is 98.7 cm³/mol. The van der Waals surface area contributed by atoms with E-state index >= 15 is 0 Å². The molecule has 0 radical (unpaired) electrons. The zero-order chi connectivity index (χ0) is 20.3. The molecule has 3 rings (SSSR count). The Kier molecular flexibility index (Phi) is 5.55. The summed E-state index contributed by atoms with van der Waals surface area (Å²) in [5.74, 6) is 1.61. The van der Waals surface area contributed by atoms with Crippen molar-refractivity contribution < 1.29 is 27.8 Å². The Morgan fingerprint density at radius 3 is 2.21 bits per heavy atom. The van der Waals surface area contributed by atoms with E-state index < -0.39 is 11.7 Å². The number of fused-ring (bicyclic) bond motifs is 1. The van der Waals surface area contributed by atoms with Crippen LogP contribution in [0.4, 0.5) is 19.0 Å². The number of aliphatic hydroxyl groups is 1. The third-order valence-corrected chi connectivity index (χ3v) is 4.08. The molecule has 0 amide bonds.